The van der Waals surface area contributed by atoms with E-state index in [-0.39, 0.29) is 28.3 Å². The summed E-state index contributed by atoms with van der Waals surface area (Å²) in [6.45, 7) is 7.97. The number of likely N-dealkylation sites (tertiary alicyclic amines) is 1. The summed E-state index contributed by atoms with van der Waals surface area (Å²) in [6, 6.07) is 14.1. The van der Waals surface area contributed by atoms with Gasteiger partial charge in [0.05, 0.1) is 6.54 Å². The molecule has 1 amide bonds. The molecule has 0 saturated carbocycles. The van der Waals surface area contributed by atoms with Crippen molar-refractivity contribution in [2.75, 3.05) is 13.1 Å². The molecule has 2 aromatic carbocycles. The van der Waals surface area contributed by atoms with E-state index >= 15 is 0 Å². The molecular weight excluding hydrogens is 459 g/mol. The topological polar surface area (TPSA) is 96.8 Å². The van der Waals surface area contributed by atoms with Gasteiger partial charge in [-0.1, -0.05) is 56.3 Å². The summed E-state index contributed by atoms with van der Waals surface area (Å²) < 4.78 is 15.2. The fourth-order valence-corrected chi connectivity index (χ4v) is 4.63. The minimum absolute atomic E-state index is 0.00641. The number of hydrogen-bond donors (Lipinski definition) is 1. The maximum atomic E-state index is 13.5. The van der Waals surface area contributed by atoms with Gasteiger partial charge in [0, 0.05) is 24.6 Å². The molecule has 8 nitrogen and oxygen atoms in total. The first kappa shape index (κ1) is 23.8. The first-order chi connectivity index (χ1) is 17.2. The van der Waals surface area contributed by atoms with E-state index in [4.69, 9.17) is 4.98 Å². The molecule has 2 aromatic heterocycles. The standard InChI is InChI=1S/C27H29FN6O2/c1-27(2,3)20-9-7-17(8-10-20)16-34-24-22(31-32-34)25(35)30-23(29-24)18-11-13-33(14-12-18)26(36)19-5-4-6-21(28)15-19/h4-10,15,18H,11-14,16H2,1-3H3,(H,29,30,35). The van der Waals surface area contributed by atoms with Gasteiger partial charge in [-0.3, -0.25) is 9.59 Å². The van der Waals surface area contributed by atoms with Crippen LogP contribution in [0, 0.1) is 5.82 Å². The average molecular weight is 489 g/mol. The number of nitrogens with one attached hydrogen (secondary N) is 1. The molecular formula is C27H29FN6O2. The zero-order chi connectivity index (χ0) is 25.4. The minimum atomic E-state index is -0.429. The van der Waals surface area contributed by atoms with Crippen LogP contribution in [0.4, 0.5) is 4.39 Å². The molecule has 0 unspecified atom stereocenters. The Bertz CT molecular complexity index is 1460. The van der Waals surface area contributed by atoms with E-state index in [0.29, 0.717) is 49.5 Å². The van der Waals surface area contributed by atoms with Crippen LogP contribution in [0.15, 0.2) is 53.3 Å². The summed E-state index contributed by atoms with van der Waals surface area (Å²) in [4.78, 5) is 34.8. The SMILES string of the molecule is CC(C)(C)c1ccc(Cn2nnc3c(=O)[nH]c(C4CCN(C(=O)c5cccc(F)c5)CC4)nc32)cc1. The largest absolute Gasteiger partial charge is 0.339 e. The molecule has 0 atom stereocenters. The third-order valence-corrected chi connectivity index (χ3v) is 6.78. The van der Waals surface area contributed by atoms with E-state index in [1.165, 1.54) is 23.8 Å². The number of aromatic amines is 1. The van der Waals surface area contributed by atoms with Crippen LogP contribution in [0.25, 0.3) is 11.2 Å². The molecule has 1 N–H and O–H groups in total. The molecule has 9 heteroatoms. The van der Waals surface area contributed by atoms with Crippen molar-refractivity contribution in [1.82, 2.24) is 29.9 Å². The van der Waals surface area contributed by atoms with Gasteiger partial charge in [-0.15, -0.1) is 5.10 Å². The zero-order valence-electron chi connectivity index (χ0n) is 20.7. The number of carbonyl (C=O) groups is 1. The Hall–Kier alpha value is -3.88. The summed E-state index contributed by atoms with van der Waals surface area (Å²) in [5, 5.41) is 8.24. The van der Waals surface area contributed by atoms with Crippen LogP contribution in [-0.4, -0.2) is 48.9 Å². The summed E-state index contributed by atoms with van der Waals surface area (Å²) in [7, 11) is 0. The highest BCUT2D eigenvalue weighted by atomic mass is 19.1. The Morgan fingerprint density at radius 2 is 1.83 bits per heavy atom. The predicted octanol–water partition coefficient (Wildman–Crippen LogP) is 4.02. The Balaban J connectivity index is 1.33. The molecule has 1 fully saturated rings. The molecule has 1 aliphatic rings. The monoisotopic (exact) mass is 488 g/mol. The molecule has 0 bridgehead atoms. The highest BCUT2D eigenvalue weighted by molar-refractivity contribution is 5.94. The number of benzene rings is 2. The molecule has 1 aliphatic heterocycles. The quantitative estimate of drug-likeness (QED) is 0.468. The van der Waals surface area contributed by atoms with Gasteiger partial charge in [-0.25, -0.2) is 14.1 Å². The van der Waals surface area contributed by atoms with Gasteiger partial charge in [-0.05, 0) is 47.6 Å². The Morgan fingerprint density at radius 1 is 1.11 bits per heavy atom. The number of piperidine rings is 1. The summed E-state index contributed by atoms with van der Waals surface area (Å²) in [5.74, 6) is -0.0455. The molecule has 36 heavy (non-hydrogen) atoms. The van der Waals surface area contributed by atoms with Crippen molar-refractivity contribution in [3.8, 4) is 0 Å². The minimum Gasteiger partial charge on any atom is -0.339 e. The van der Waals surface area contributed by atoms with Gasteiger partial charge in [0.15, 0.2) is 11.2 Å². The first-order valence-electron chi connectivity index (χ1n) is 12.2. The lowest BCUT2D eigenvalue weighted by Gasteiger charge is -2.31. The van der Waals surface area contributed by atoms with Crippen LogP contribution in [0.2, 0.25) is 0 Å². The van der Waals surface area contributed by atoms with Crippen molar-refractivity contribution in [3.63, 3.8) is 0 Å². The predicted molar refractivity (Wildman–Crippen MR) is 134 cm³/mol. The van der Waals surface area contributed by atoms with Gasteiger partial charge in [0.2, 0.25) is 0 Å². The van der Waals surface area contributed by atoms with Gasteiger partial charge < -0.3 is 9.88 Å². The fraction of sp³-hybridized carbons (Fsp3) is 0.370. The molecule has 0 spiro atoms. The number of fused-ring (bicyclic) bond motifs is 1. The third-order valence-electron chi connectivity index (χ3n) is 6.78. The Labute approximate surface area is 208 Å². The van der Waals surface area contributed by atoms with Crippen LogP contribution >= 0.6 is 0 Å². The second-order valence-corrected chi connectivity index (χ2v) is 10.4. The van der Waals surface area contributed by atoms with E-state index in [9.17, 15) is 14.0 Å². The van der Waals surface area contributed by atoms with Crippen LogP contribution < -0.4 is 5.56 Å². The highest BCUT2D eigenvalue weighted by Crippen LogP contribution is 2.27. The number of halogens is 1. The number of H-pyrrole nitrogens is 1. The van der Waals surface area contributed by atoms with Crippen molar-refractivity contribution >= 4 is 17.1 Å². The van der Waals surface area contributed by atoms with Crippen molar-refractivity contribution in [3.05, 3.63) is 87.2 Å². The molecule has 186 valence electrons. The van der Waals surface area contributed by atoms with Crippen molar-refractivity contribution in [2.24, 2.45) is 0 Å². The van der Waals surface area contributed by atoms with Crippen LogP contribution in [-0.2, 0) is 12.0 Å². The van der Waals surface area contributed by atoms with Crippen molar-refractivity contribution < 1.29 is 9.18 Å². The van der Waals surface area contributed by atoms with Gasteiger partial charge in [0.1, 0.15) is 11.6 Å². The molecule has 1 saturated heterocycles. The lowest BCUT2D eigenvalue weighted by atomic mass is 9.87. The Kier molecular flexibility index (Phi) is 6.15. The van der Waals surface area contributed by atoms with Gasteiger partial charge in [-0.2, -0.15) is 0 Å². The van der Waals surface area contributed by atoms with Crippen molar-refractivity contribution in [2.45, 2.75) is 51.5 Å². The maximum Gasteiger partial charge on any atom is 0.281 e. The van der Waals surface area contributed by atoms with Gasteiger partial charge >= 0.3 is 0 Å². The first-order valence-corrected chi connectivity index (χ1v) is 12.2. The van der Waals surface area contributed by atoms with E-state index in [1.807, 2.05) is 0 Å². The van der Waals surface area contributed by atoms with E-state index in [1.54, 1.807) is 15.6 Å². The number of aromatic nitrogens is 5. The summed E-state index contributed by atoms with van der Waals surface area (Å²) in [5.41, 5.74) is 3.04. The smallest absolute Gasteiger partial charge is 0.281 e. The van der Waals surface area contributed by atoms with Gasteiger partial charge in [0.25, 0.3) is 11.5 Å². The number of hydrogen-bond acceptors (Lipinski definition) is 5. The average Bonchev–Trinajstić information content (AvgIpc) is 3.26. The maximum absolute atomic E-state index is 13.5. The number of rotatable bonds is 4. The van der Waals surface area contributed by atoms with Crippen LogP contribution in [0.1, 0.15) is 66.8 Å². The summed E-state index contributed by atoms with van der Waals surface area (Å²) in [6.07, 6.45) is 1.29. The third kappa shape index (κ3) is 4.78. The number of amides is 1. The fourth-order valence-electron chi connectivity index (χ4n) is 4.63. The lowest BCUT2D eigenvalue weighted by Crippen LogP contribution is -2.38. The normalized spacial score (nSPS) is 14.9. The van der Waals surface area contributed by atoms with E-state index in [0.717, 1.165) is 5.56 Å². The zero-order valence-corrected chi connectivity index (χ0v) is 20.7. The number of carbonyl (C=O) groups excluding carboxylic acids is 1. The molecule has 0 radical (unpaired) electrons. The van der Waals surface area contributed by atoms with Crippen molar-refractivity contribution in [1.29, 1.82) is 0 Å². The lowest BCUT2D eigenvalue weighted by molar-refractivity contribution is 0.0710. The summed E-state index contributed by atoms with van der Waals surface area (Å²) >= 11 is 0. The second-order valence-electron chi connectivity index (χ2n) is 10.4. The second kappa shape index (κ2) is 9.29. The van der Waals surface area contributed by atoms with E-state index in [2.05, 4.69) is 60.3 Å². The van der Waals surface area contributed by atoms with Crippen LogP contribution in [0.5, 0.6) is 0 Å². The number of nitrogens with zero attached hydrogens (tertiary/aromatic N) is 5. The van der Waals surface area contributed by atoms with E-state index < -0.39 is 5.82 Å². The highest BCUT2D eigenvalue weighted by Gasteiger charge is 2.27. The molecule has 4 aromatic rings. The molecule has 0 aliphatic carbocycles. The molecule has 3 heterocycles. The molecule has 5 rings (SSSR count). The Morgan fingerprint density at radius 3 is 2.50 bits per heavy atom. The van der Waals surface area contributed by atoms with Crippen LogP contribution in [0.3, 0.4) is 0 Å².